The lowest BCUT2D eigenvalue weighted by atomic mass is 10.2. The van der Waals surface area contributed by atoms with Crippen molar-refractivity contribution in [1.82, 2.24) is 5.32 Å². The number of anilines is 1. The van der Waals surface area contributed by atoms with Gasteiger partial charge in [0.1, 0.15) is 0 Å². The SMILES string of the molecule is CNC1CCN(c2cc(Br)ccc2Cl)C1=O. The van der Waals surface area contributed by atoms with Crippen LogP contribution in [0.4, 0.5) is 5.69 Å². The van der Waals surface area contributed by atoms with Gasteiger partial charge in [0.2, 0.25) is 5.91 Å². The summed E-state index contributed by atoms with van der Waals surface area (Å²) in [6.07, 6.45) is 0.818. The van der Waals surface area contributed by atoms with Gasteiger partial charge < -0.3 is 10.2 Å². The van der Waals surface area contributed by atoms with E-state index >= 15 is 0 Å². The minimum atomic E-state index is -0.0879. The molecule has 86 valence electrons. The molecule has 16 heavy (non-hydrogen) atoms. The van der Waals surface area contributed by atoms with Crippen LogP contribution in [0.15, 0.2) is 22.7 Å². The summed E-state index contributed by atoms with van der Waals surface area (Å²) >= 11 is 9.48. The number of carbonyl (C=O) groups excluding carboxylic acids is 1. The van der Waals surface area contributed by atoms with Gasteiger partial charge in [-0.1, -0.05) is 27.5 Å². The van der Waals surface area contributed by atoms with Crippen molar-refractivity contribution >= 4 is 39.1 Å². The molecule has 1 aliphatic rings. The van der Waals surface area contributed by atoms with Crippen molar-refractivity contribution in [2.45, 2.75) is 12.5 Å². The summed E-state index contributed by atoms with van der Waals surface area (Å²) in [4.78, 5) is 13.7. The lowest BCUT2D eigenvalue weighted by molar-refractivity contribution is -0.118. The molecule has 1 fully saturated rings. The topological polar surface area (TPSA) is 32.3 Å². The van der Waals surface area contributed by atoms with Crippen LogP contribution in [0.5, 0.6) is 0 Å². The fourth-order valence-electron chi connectivity index (χ4n) is 1.88. The number of hydrogen-bond donors (Lipinski definition) is 1. The first-order chi connectivity index (χ1) is 7.63. The quantitative estimate of drug-likeness (QED) is 0.910. The summed E-state index contributed by atoms with van der Waals surface area (Å²) in [5.41, 5.74) is 0.777. The number of rotatable bonds is 2. The largest absolute Gasteiger partial charge is 0.309 e. The van der Waals surface area contributed by atoms with Crippen LogP contribution in [0.2, 0.25) is 5.02 Å². The number of nitrogens with zero attached hydrogens (tertiary/aromatic N) is 1. The fourth-order valence-corrected chi connectivity index (χ4v) is 2.45. The Labute approximate surface area is 108 Å². The molecule has 0 aromatic heterocycles. The minimum Gasteiger partial charge on any atom is -0.309 e. The summed E-state index contributed by atoms with van der Waals surface area (Å²) in [7, 11) is 1.80. The van der Waals surface area contributed by atoms with Crippen molar-refractivity contribution in [3.8, 4) is 0 Å². The predicted octanol–water partition coefficient (Wildman–Crippen LogP) is 2.43. The molecule has 1 aromatic carbocycles. The zero-order chi connectivity index (χ0) is 11.7. The number of nitrogens with one attached hydrogen (secondary N) is 1. The third-order valence-corrected chi connectivity index (χ3v) is 3.57. The van der Waals surface area contributed by atoms with Gasteiger partial charge in [-0.25, -0.2) is 0 Å². The summed E-state index contributed by atoms with van der Waals surface area (Å²) < 4.78 is 0.924. The molecular formula is C11H12BrClN2O. The second-order valence-corrected chi connectivity index (χ2v) is 5.04. The van der Waals surface area contributed by atoms with E-state index in [4.69, 9.17) is 11.6 Å². The van der Waals surface area contributed by atoms with Crippen LogP contribution in [0.3, 0.4) is 0 Å². The smallest absolute Gasteiger partial charge is 0.244 e. The molecule has 0 radical (unpaired) electrons. The maximum atomic E-state index is 12.0. The van der Waals surface area contributed by atoms with E-state index in [0.717, 1.165) is 16.6 Å². The van der Waals surface area contributed by atoms with Gasteiger partial charge in [0.15, 0.2) is 0 Å². The number of halogens is 2. The molecule has 3 nitrogen and oxygen atoms in total. The van der Waals surface area contributed by atoms with Crippen LogP contribution in [-0.2, 0) is 4.79 Å². The molecule has 1 aromatic rings. The van der Waals surface area contributed by atoms with Crippen LogP contribution >= 0.6 is 27.5 Å². The van der Waals surface area contributed by atoms with E-state index < -0.39 is 0 Å². The summed E-state index contributed by atoms with van der Waals surface area (Å²) in [5.74, 6) is 0.0856. The van der Waals surface area contributed by atoms with Gasteiger partial charge in [0, 0.05) is 11.0 Å². The molecule has 1 saturated heterocycles. The van der Waals surface area contributed by atoms with E-state index in [9.17, 15) is 4.79 Å². The molecule has 1 aliphatic heterocycles. The maximum absolute atomic E-state index is 12.0. The minimum absolute atomic E-state index is 0.0856. The zero-order valence-corrected chi connectivity index (χ0v) is 11.2. The molecule has 1 N–H and O–H groups in total. The van der Waals surface area contributed by atoms with Crippen LogP contribution < -0.4 is 10.2 Å². The van der Waals surface area contributed by atoms with Crippen LogP contribution in [0.25, 0.3) is 0 Å². The molecule has 1 atom stereocenters. The number of hydrogen-bond acceptors (Lipinski definition) is 2. The summed E-state index contributed by atoms with van der Waals surface area (Å²) in [6.45, 7) is 0.709. The van der Waals surface area contributed by atoms with Gasteiger partial charge in [-0.2, -0.15) is 0 Å². The first kappa shape index (κ1) is 11.9. The van der Waals surface area contributed by atoms with Crippen molar-refractivity contribution in [3.05, 3.63) is 27.7 Å². The number of likely N-dealkylation sites (N-methyl/N-ethyl adjacent to an activating group) is 1. The van der Waals surface area contributed by atoms with Crippen LogP contribution in [0, 0.1) is 0 Å². The highest BCUT2D eigenvalue weighted by atomic mass is 79.9. The monoisotopic (exact) mass is 302 g/mol. The number of carbonyl (C=O) groups is 1. The Kier molecular flexibility index (Phi) is 3.52. The Morgan fingerprint density at radius 3 is 2.94 bits per heavy atom. The Hall–Kier alpha value is -0.580. The predicted molar refractivity (Wildman–Crippen MR) is 69.0 cm³/mol. The average Bonchev–Trinajstić information content (AvgIpc) is 2.63. The van der Waals surface area contributed by atoms with E-state index in [2.05, 4.69) is 21.2 Å². The molecule has 0 spiro atoms. The van der Waals surface area contributed by atoms with E-state index in [1.54, 1.807) is 18.0 Å². The highest BCUT2D eigenvalue weighted by Gasteiger charge is 2.32. The Morgan fingerprint density at radius 2 is 2.31 bits per heavy atom. The molecule has 0 bridgehead atoms. The average molecular weight is 304 g/mol. The molecule has 2 rings (SSSR count). The molecule has 5 heteroatoms. The molecule has 1 amide bonds. The van der Waals surface area contributed by atoms with E-state index in [0.29, 0.717) is 11.6 Å². The zero-order valence-electron chi connectivity index (χ0n) is 8.84. The van der Waals surface area contributed by atoms with E-state index in [1.165, 1.54) is 0 Å². The highest BCUT2D eigenvalue weighted by Crippen LogP contribution is 2.31. The molecule has 1 heterocycles. The van der Waals surface area contributed by atoms with Crippen molar-refractivity contribution < 1.29 is 4.79 Å². The second-order valence-electron chi connectivity index (χ2n) is 3.72. The first-order valence-corrected chi connectivity index (χ1v) is 6.24. The number of benzene rings is 1. The van der Waals surface area contributed by atoms with Crippen molar-refractivity contribution in [3.63, 3.8) is 0 Å². The molecular weight excluding hydrogens is 291 g/mol. The normalized spacial score (nSPS) is 20.6. The van der Waals surface area contributed by atoms with Gasteiger partial charge in [0.05, 0.1) is 16.8 Å². The Bertz CT molecular complexity index is 424. The van der Waals surface area contributed by atoms with Crippen molar-refractivity contribution in [2.24, 2.45) is 0 Å². The highest BCUT2D eigenvalue weighted by molar-refractivity contribution is 9.10. The third kappa shape index (κ3) is 2.10. The van der Waals surface area contributed by atoms with Gasteiger partial charge in [0.25, 0.3) is 0 Å². The van der Waals surface area contributed by atoms with Crippen molar-refractivity contribution in [2.75, 3.05) is 18.5 Å². The van der Waals surface area contributed by atoms with Gasteiger partial charge >= 0.3 is 0 Å². The Balaban J connectivity index is 2.32. The van der Waals surface area contributed by atoms with Crippen LogP contribution in [-0.4, -0.2) is 25.5 Å². The van der Waals surface area contributed by atoms with Crippen molar-refractivity contribution in [1.29, 1.82) is 0 Å². The summed E-state index contributed by atoms with van der Waals surface area (Å²) in [6, 6.07) is 5.44. The Morgan fingerprint density at radius 1 is 1.56 bits per heavy atom. The van der Waals surface area contributed by atoms with Gasteiger partial charge in [-0.15, -0.1) is 0 Å². The second kappa shape index (κ2) is 4.73. The molecule has 0 saturated carbocycles. The third-order valence-electron chi connectivity index (χ3n) is 2.75. The van der Waals surface area contributed by atoms with Crippen LogP contribution in [0.1, 0.15) is 6.42 Å². The lowest BCUT2D eigenvalue weighted by Gasteiger charge is -2.18. The maximum Gasteiger partial charge on any atom is 0.244 e. The first-order valence-electron chi connectivity index (χ1n) is 5.07. The van der Waals surface area contributed by atoms with Gasteiger partial charge in [-0.3, -0.25) is 4.79 Å². The number of amides is 1. The van der Waals surface area contributed by atoms with E-state index in [-0.39, 0.29) is 11.9 Å². The lowest BCUT2D eigenvalue weighted by Crippen LogP contribution is -2.36. The molecule has 1 unspecified atom stereocenters. The standard InChI is InChI=1S/C11H12BrClN2O/c1-14-9-4-5-15(11(9)16)10-6-7(12)2-3-8(10)13/h2-3,6,9,14H,4-5H2,1H3. The van der Waals surface area contributed by atoms with Gasteiger partial charge in [-0.05, 0) is 31.7 Å². The molecule has 0 aliphatic carbocycles. The fraction of sp³-hybridized carbons (Fsp3) is 0.364. The summed E-state index contributed by atoms with van der Waals surface area (Å²) in [5, 5.41) is 3.61. The van der Waals surface area contributed by atoms with E-state index in [1.807, 2.05) is 12.1 Å².